The number of halogens is 1. The van der Waals surface area contributed by atoms with Crippen molar-refractivity contribution in [2.24, 2.45) is 11.7 Å². The Morgan fingerprint density at radius 3 is 2.39 bits per heavy atom. The van der Waals surface area contributed by atoms with Crippen molar-refractivity contribution in [3.8, 4) is 0 Å². The Hall–Kier alpha value is -2.09. The molecular formula is C20H26ClN3O3S. The summed E-state index contributed by atoms with van der Waals surface area (Å²) < 4.78 is 27.1. The molecule has 28 heavy (non-hydrogen) atoms. The van der Waals surface area contributed by atoms with Gasteiger partial charge < -0.3 is 11.1 Å². The van der Waals surface area contributed by atoms with Gasteiger partial charge in [-0.05, 0) is 56.0 Å². The number of carbonyl (C=O) groups is 1. The zero-order valence-corrected chi connectivity index (χ0v) is 17.6. The minimum atomic E-state index is -3.77. The van der Waals surface area contributed by atoms with E-state index in [1.807, 2.05) is 13.0 Å². The van der Waals surface area contributed by atoms with E-state index in [4.69, 9.17) is 5.73 Å². The first-order valence-corrected chi connectivity index (χ1v) is 10.4. The molecule has 152 valence electrons. The van der Waals surface area contributed by atoms with Crippen LogP contribution in [-0.4, -0.2) is 33.5 Å². The van der Waals surface area contributed by atoms with Gasteiger partial charge in [-0.2, -0.15) is 0 Å². The molecule has 2 aromatic carbocycles. The molecule has 0 spiro atoms. The molecule has 1 aliphatic rings. The number of benzene rings is 2. The minimum absolute atomic E-state index is 0. The first-order chi connectivity index (χ1) is 12.8. The Morgan fingerprint density at radius 1 is 1.18 bits per heavy atom. The van der Waals surface area contributed by atoms with Crippen LogP contribution in [0.4, 0.5) is 5.69 Å². The normalized spacial score (nSPS) is 15.8. The molecule has 1 unspecified atom stereocenters. The van der Waals surface area contributed by atoms with Crippen LogP contribution in [0.3, 0.4) is 0 Å². The maximum atomic E-state index is 12.9. The molecule has 1 amide bonds. The molecule has 8 heteroatoms. The highest BCUT2D eigenvalue weighted by molar-refractivity contribution is 7.92. The summed E-state index contributed by atoms with van der Waals surface area (Å²) in [5.41, 5.74) is 6.25. The summed E-state index contributed by atoms with van der Waals surface area (Å²) in [7, 11) is -2.28. The molecule has 0 bridgehead atoms. The summed E-state index contributed by atoms with van der Waals surface area (Å²) in [6.07, 6.45) is 2.09. The van der Waals surface area contributed by atoms with Crippen molar-refractivity contribution in [3.05, 3.63) is 60.2 Å². The highest BCUT2D eigenvalue weighted by Crippen LogP contribution is 2.39. The number of nitrogens with zero attached hydrogens (tertiary/aromatic N) is 1. The van der Waals surface area contributed by atoms with Crippen LogP contribution in [0, 0.1) is 5.92 Å². The van der Waals surface area contributed by atoms with Crippen LogP contribution >= 0.6 is 12.4 Å². The first-order valence-electron chi connectivity index (χ1n) is 8.94. The number of hydrogen-bond donors (Lipinski definition) is 2. The topological polar surface area (TPSA) is 92.5 Å². The van der Waals surface area contributed by atoms with Crippen LogP contribution < -0.4 is 15.4 Å². The van der Waals surface area contributed by atoms with Gasteiger partial charge in [0.15, 0.2) is 0 Å². The van der Waals surface area contributed by atoms with E-state index in [9.17, 15) is 13.2 Å². The largest absolute Gasteiger partial charge is 0.345 e. The number of anilines is 1. The Kier molecular flexibility index (Phi) is 6.75. The van der Waals surface area contributed by atoms with Crippen LogP contribution in [0.15, 0.2) is 59.5 Å². The van der Waals surface area contributed by atoms with Gasteiger partial charge in [-0.15, -0.1) is 12.4 Å². The van der Waals surface area contributed by atoms with E-state index in [0.29, 0.717) is 23.7 Å². The number of rotatable bonds is 7. The fourth-order valence-corrected chi connectivity index (χ4v) is 4.35. The molecule has 2 aromatic rings. The number of para-hydroxylation sites is 1. The molecule has 1 fully saturated rings. The second-order valence-electron chi connectivity index (χ2n) is 7.19. The van der Waals surface area contributed by atoms with E-state index >= 15 is 0 Å². The predicted molar refractivity (Wildman–Crippen MR) is 113 cm³/mol. The molecule has 1 atom stereocenters. The van der Waals surface area contributed by atoms with Crippen molar-refractivity contribution in [2.45, 2.75) is 30.2 Å². The maximum absolute atomic E-state index is 12.9. The highest BCUT2D eigenvalue weighted by Gasteiger charge is 2.41. The number of carbonyl (C=O) groups excluding carboxylic acids is 1. The van der Waals surface area contributed by atoms with Crippen molar-refractivity contribution < 1.29 is 13.2 Å². The third-order valence-corrected chi connectivity index (χ3v) is 6.96. The summed E-state index contributed by atoms with van der Waals surface area (Å²) in [6, 6.07) is 14.9. The van der Waals surface area contributed by atoms with Gasteiger partial charge in [0.05, 0.1) is 16.1 Å². The summed E-state index contributed by atoms with van der Waals surface area (Å²) in [5, 5.41) is 2.99. The Morgan fingerprint density at radius 2 is 1.82 bits per heavy atom. The monoisotopic (exact) mass is 423 g/mol. The molecule has 0 heterocycles. The van der Waals surface area contributed by atoms with E-state index in [1.165, 1.54) is 23.5 Å². The molecule has 0 saturated heterocycles. The Balaban J connectivity index is 0.00000280. The van der Waals surface area contributed by atoms with E-state index in [-0.39, 0.29) is 23.2 Å². The highest BCUT2D eigenvalue weighted by atomic mass is 35.5. The molecule has 0 radical (unpaired) electrons. The smallest absolute Gasteiger partial charge is 0.264 e. The lowest BCUT2D eigenvalue weighted by molar-refractivity contribution is 0.0897. The van der Waals surface area contributed by atoms with Crippen molar-refractivity contribution in [1.29, 1.82) is 0 Å². The van der Waals surface area contributed by atoms with Gasteiger partial charge in [0.25, 0.3) is 15.9 Å². The van der Waals surface area contributed by atoms with Crippen LogP contribution in [0.1, 0.15) is 30.1 Å². The zero-order valence-electron chi connectivity index (χ0n) is 16.0. The molecule has 0 aliphatic heterocycles. The van der Waals surface area contributed by atoms with Gasteiger partial charge in [0.2, 0.25) is 0 Å². The van der Waals surface area contributed by atoms with Crippen LogP contribution in [0.5, 0.6) is 0 Å². The van der Waals surface area contributed by atoms with Crippen molar-refractivity contribution in [3.63, 3.8) is 0 Å². The fraction of sp³-hybridized carbons (Fsp3) is 0.350. The van der Waals surface area contributed by atoms with E-state index < -0.39 is 15.6 Å². The average Bonchev–Trinajstić information content (AvgIpc) is 3.54. The fourth-order valence-electron chi connectivity index (χ4n) is 3.10. The number of hydrogen-bond acceptors (Lipinski definition) is 4. The lowest BCUT2D eigenvalue weighted by atomic mass is 9.95. The quantitative estimate of drug-likeness (QED) is 0.716. The molecule has 1 saturated carbocycles. The molecular weight excluding hydrogens is 398 g/mol. The van der Waals surface area contributed by atoms with E-state index in [2.05, 4.69) is 5.32 Å². The van der Waals surface area contributed by atoms with Gasteiger partial charge in [0, 0.05) is 19.2 Å². The summed E-state index contributed by atoms with van der Waals surface area (Å²) in [6.45, 7) is 2.28. The van der Waals surface area contributed by atoms with Crippen molar-refractivity contribution >= 4 is 34.0 Å². The second kappa shape index (κ2) is 8.51. The SMILES string of the molecule is CN(c1ccccc1)S(=O)(=O)c1cccc(C(=O)NC(C)(CN)C2CC2)c1.Cl. The van der Waals surface area contributed by atoms with E-state index in [0.717, 1.165) is 12.8 Å². The predicted octanol–water partition coefficient (Wildman–Crippen LogP) is 2.79. The summed E-state index contributed by atoms with van der Waals surface area (Å²) >= 11 is 0. The van der Waals surface area contributed by atoms with Crippen LogP contribution in [-0.2, 0) is 10.0 Å². The maximum Gasteiger partial charge on any atom is 0.264 e. The Bertz CT molecular complexity index is 933. The number of sulfonamides is 1. The minimum Gasteiger partial charge on any atom is -0.345 e. The molecule has 3 N–H and O–H groups in total. The van der Waals surface area contributed by atoms with Crippen LogP contribution in [0.25, 0.3) is 0 Å². The third kappa shape index (κ3) is 4.48. The van der Waals surface area contributed by atoms with Gasteiger partial charge in [-0.1, -0.05) is 24.3 Å². The molecule has 3 rings (SSSR count). The van der Waals surface area contributed by atoms with Crippen LogP contribution in [0.2, 0.25) is 0 Å². The van der Waals surface area contributed by atoms with Gasteiger partial charge in [0.1, 0.15) is 0 Å². The summed E-state index contributed by atoms with van der Waals surface area (Å²) in [5.74, 6) is 0.0665. The van der Waals surface area contributed by atoms with Crippen molar-refractivity contribution in [1.82, 2.24) is 5.32 Å². The number of amides is 1. The van der Waals surface area contributed by atoms with Gasteiger partial charge >= 0.3 is 0 Å². The first kappa shape index (κ1) is 22.2. The molecule has 6 nitrogen and oxygen atoms in total. The van der Waals surface area contributed by atoms with Gasteiger partial charge in [-0.25, -0.2) is 8.42 Å². The second-order valence-corrected chi connectivity index (χ2v) is 9.16. The molecule has 1 aliphatic carbocycles. The summed E-state index contributed by atoms with van der Waals surface area (Å²) in [4.78, 5) is 12.8. The standard InChI is InChI=1S/C20H25N3O3S.ClH/c1-20(14-21,16-11-12-16)22-19(24)15-7-6-10-18(13-15)27(25,26)23(2)17-8-4-3-5-9-17;/h3-10,13,16H,11-12,14,21H2,1-2H3,(H,22,24);1H. The Labute approximate surface area is 172 Å². The number of nitrogens with one attached hydrogen (secondary N) is 1. The number of nitrogens with two attached hydrogens (primary N) is 1. The lowest BCUT2D eigenvalue weighted by Crippen LogP contribution is -2.53. The van der Waals surface area contributed by atoms with Gasteiger partial charge in [-0.3, -0.25) is 9.10 Å². The lowest BCUT2D eigenvalue weighted by Gasteiger charge is -2.29. The van der Waals surface area contributed by atoms with E-state index in [1.54, 1.807) is 36.4 Å². The average molecular weight is 424 g/mol. The molecule has 0 aromatic heterocycles. The third-order valence-electron chi connectivity index (χ3n) is 5.18. The zero-order chi connectivity index (χ0) is 19.7. The van der Waals surface area contributed by atoms with Crippen molar-refractivity contribution in [2.75, 3.05) is 17.9 Å².